The van der Waals surface area contributed by atoms with E-state index in [9.17, 15) is 0 Å². The van der Waals surface area contributed by atoms with Gasteiger partial charge in [-0.15, -0.1) is 11.8 Å². The molecule has 0 heterocycles. The Hall–Kier alpha value is 0.270. The molecule has 0 rings (SSSR count). The van der Waals surface area contributed by atoms with Crippen molar-refractivity contribution in [3.8, 4) is 0 Å². The summed E-state index contributed by atoms with van der Waals surface area (Å²) in [7, 11) is 0. The Morgan fingerprint density at radius 2 is 2.00 bits per heavy atom. The van der Waals surface area contributed by atoms with Crippen molar-refractivity contribution in [2.45, 2.75) is 31.8 Å². The summed E-state index contributed by atoms with van der Waals surface area (Å²) >= 11 is 1.37. The lowest BCUT2D eigenvalue weighted by Gasteiger charge is -2.07. The molecule has 0 bridgehead atoms. The Morgan fingerprint density at radius 1 is 1.44 bits per heavy atom. The van der Waals surface area contributed by atoms with Gasteiger partial charge in [-0.2, -0.15) is 0 Å². The van der Waals surface area contributed by atoms with Crippen molar-refractivity contribution in [1.29, 1.82) is 0 Å². The molecule has 2 N–H and O–H groups in total. The second-order valence-electron chi connectivity index (χ2n) is 1.99. The molecule has 0 aromatic rings. The highest BCUT2D eigenvalue weighted by Crippen LogP contribution is 2.09. The topological polar surface area (TPSA) is 40.5 Å². The molecule has 0 spiro atoms. The van der Waals surface area contributed by atoms with E-state index >= 15 is 0 Å². The van der Waals surface area contributed by atoms with E-state index in [1.54, 1.807) is 6.92 Å². The lowest BCUT2D eigenvalue weighted by Crippen LogP contribution is -2.10. The summed E-state index contributed by atoms with van der Waals surface area (Å²) in [6.07, 6.45) is 0.504. The summed E-state index contributed by atoms with van der Waals surface area (Å²) in [6, 6.07) is 0. The van der Waals surface area contributed by atoms with Crippen LogP contribution in [-0.2, 0) is 0 Å². The largest absolute Gasteiger partial charge is 0.392 e. The molecule has 0 aliphatic carbocycles. The zero-order valence-electron chi connectivity index (χ0n) is 5.87. The molecule has 0 aliphatic heterocycles. The number of rotatable bonds is 4. The SMILES string of the molecule is CCC(O)CSC(C)O. The van der Waals surface area contributed by atoms with Crippen molar-refractivity contribution in [3.63, 3.8) is 0 Å². The average molecular weight is 150 g/mol. The average Bonchev–Trinajstić information content (AvgIpc) is 1.83. The van der Waals surface area contributed by atoms with E-state index in [0.29, 0.717) is 5.75 Å². The van der Waals surface area contributed by atoms with E-state index in [4.69, 9.17) is 10.2 Å². The van der Waals surface area contributed by atoms with Crippen LogP contribution in [0, 0.1) is 0 Å². The fourth-order valence-electron chi connectivity index (χ4n) is 0.368. The lowest BCUT2D eigenvalue weighted by molar-refractivity contribution is 0.193. The molecule has 3 heteroatoms. The predicted octanol–water partition coefficient (Wildman–Crippen LogP) is 0.829. The Labute approximate surface area is 60.3 Å². The smallest absolute Gasteiger partial charge is 0.0965 e. The van der Waals surface area contributed by atoms with Crippen molar-refractivity contribution in [2.75, 3.05) is 5.75 Å². The van der Waals surface area contributed by atoms with Gasteiger partial charge in [0, 0.05) is 5.75 Å². The maximum absolute atomic E-state index is 8.97. The van der Waals surface area contributed by atoms with Gasteiger partial charge in [0.25, 0.3) is 0 Å². The highest BCUT2D eigenvalue weighted by atomic mass is 32.2. The van der Waals surface area contributed by atoms with E-state index in [-0.39, 0.29) is 11.5 Å². The van der Waals surface area contributed by atoms with Crippen molar-refractivity contribution in [1.82, 2.24) is 0 Å². The number of aliphatic hydroxyl groups excluding tert-OH is 2. The van der Waals surface area contributed by atoms with Gasteiger partial charge in [0.15, 0.2) is 0 Å². The van der Waals surface area contributed by atoms with Gasteiger partial charge in [0.05, 0.1) is 11.5 Å². The summed E-state index contributed by atoms with van der Waals surface area (Å²) in [5.74, 6) is 0.633. The molecular formula is C6H14O2S. The molecule has 0 radical (unpaired) electrons. The second kappa shape index (κ2) is 5.09. The molecule has 56 valence electrons. The Balaban J connectivity index is 3.06. The maximum Gasteiger partial charge on any atom is 0.0965 e. The van der Waals surface area contributed by atoms with E-state index < -0.39 is 0 Å². The molecule has 0 saturated heterocycles. The van der Waals surface area contributed by atoms with Crippen LogP contribution in [0.25, 0.3) is 0 Å². The number of hydrogen-bond donors (Lipinski definition) is 2. The van der Waals surface area contributed by atoms with Gasteiger partial charge in [-0.05, 0) is 13.3 Å². The molecule has 0 aromatic heterocycles. The van der Waals surface area contributed by atoms with Gasteiger partial charge in [0.2, 0.25) is 0 Å². The van der Waals surface area contributed by atoms with Gasteiger partial charge >= 0.3 is 0 Å². The van der Waals surface area contributed by atoms with Crippen molar-refractivity contribution < 1.29 is 10.2 Å². The van der Waals surface area contributed by atoms with Crippen LogP contribution in [-0.4, -0.2) is 27.5 Å². The summed E-state index contributed by atoms with van der Waals surface area (Å²) in [5.41, 5.74) is -0.355. The first-order valence-corrected chi connectivity index (χ1v) is 4.19. The monoisotopic (exact) mass is 150 g/mol. The molecule has 9 heavy (non-hydrogen) atoms. The van der Waals surface area contributed by atoms with E-state index in [1.165, 1.54) is 11.8 Å². The van der Waals surface area contributed by atoms with Gasteiger partial charge in [-0.25, -0.2) is 0 Å². The number of thioether (sulfide) groups is 1. The first kappa shape index (κ1) is 9.27. The van der Waals surface area contributed by atoms with Crippen LogP contribution in [0.4, 0.5) is 0 Å². The summed E-state index contributed by atoms with van der Waals surface area (Å²) in [5, 5.41) is 17.7. The molecule has 0 saturated carbocycles. The minimum Gasteiger partial charge on any atom is -0.392 e. The van der Waals surface area contributed by atoms with Crippen molar-refractivity contribution in [2.24, 2.45) is 0 Å². The highest BCUT2D eigenvalue weighted by Gasteiger charge is 2.02. The van der Waals surface area contributed by atoms with E-state index in [1.807, 2.05) is 6.92 Å². The first-order valence-electron chi connectivity index (χ1n) is 3.14. The van der Waals surface area contributed by atoms with Crippen molar-refractivity contribution >= 4 is 11.8 Å². The minimum atomic E-state index is -0.355. The fourth-order valence-corrected chi connectivity index (χ4v) is 1.10. The fraction of sp³-hybridized carbons (Fsp3) is 1.00. The molecule has 2 unspecified atom stereocenters. The Morgan fingerprint density at radius 3 is 2.33 bits per heavy atom. The minimum absolute atomic E-state index is 0.260. The Bertz CT molecular complexity index is 66.1. The van der Waals surface area contributed by atoms with Crippen LogP contribution in [0.15, 0.2) is 0 Å². The first-order chi connectivity index (χ1) is 4.16. The molecule has 2 nitrogen and oxygen atoms in total. The number of aliphatic hydroxyl groups is 2. The van der Waals surface area contributed by atoms with Gasteiger partial charge in [-0.1, -0.05) is 6.92 Å². The molecule has 0 amide bonds. The normalized spacial score (nSPS) is 17.3. The van der Waals surface area contributed by atoms with E-state index in [2.05, 4.69) is 0 Å². The highest BCUT2D eigenvalue weighted by molar-refractivity contribution is 7.99. The van der Waals surface area contributed by atoms with Gasteiger partial charge in [0.1, 0.15) is 0 Å². The molecular weight excluding hydrogens is 136 g/mol. The van der Waals surface area contributed by atoms with Gasteiger partial charge in [-0.3, -0.25) is 0 Å². The van der Waals surface area contributed by atoms with Crippen molar-refractivity contribution in [3.05, 3.63) is 0 Å². The third-order valence-electron chi connectivity index (χ3n) is 1.00. The summed E-state index contributed by atoms with van der Waals surface area (Å²) in [6.45, 7) is 3.63. The van der Waals surface area contributed by atoms with Crippen LogP contribution in [0.3, 0.4) is 0 Å². The summed E-state index contributed by atoms with van der Waals surface area (Å²) < 4.78 is 0. The second-order valence-corrected chi connectivity index (χ2v) is 3.34. The van der Waals surface area contributed by atoms with Crippen LogP contribution >= 0.6 is 11.8 Å². The third-order valence-corrected chi connectivity index (χ3v) is 2.06. The number of hydrogen-bond acceptors (Lipinski definition) is 3. The van der Waals surface area contributed by atoms with E-state index in [0.717, 1.165) is 6.42 Å². The molecule has 0 fully saturated rings. The Kier molecular flexibility index (Phi) is 5.24. The quantitative estimate of drug-likeness (QED) is 0.583. The zero-order valence-corrected chi connectivity index (χ0v) is 6.69. The lowest BCUT2D eigenvalue weighted by atomic mass is 10.3. The third kappa shape index (κ3) is 6.15. The molecule has 0 aliphatic rings. The van der Waals surface area contributed by atoms with Crippen LogP contribution in [0.1, 0.15) is 20.3 Å². The molecule has 0 aromatic carbocycles. The maximum atomic E-state index is 8.97. The molecule has 2 atom stereocenters. The predicted molar refractivity (Wildman–Crippen MR) is 40.4 cm³/mol. The van der Waals surface area contributed by atoms with Crippen LogP contribution < -0.4 is 0 Å². The zero-order chi connectivity index (χ0) is 7.28. The summed E-state index contributed by atoms with van der Waals surface area (Å²) in [4.78, 5) is 0. The standard InChI is InChI=1S/C6H14O2S/c1-3-6(8)4-9-5(2)7/h5-8H,3-4H2,1-2H3. The van der Waals surface area contributed by atoms with Crippen LogP contribution in [0.2, 0.25) is 0 Å². The van der Waals surface area contributed by atoms with Gasteiger partial charge < -0.3 is 10.2 Å². The van der Waals surface area contributed by atoms with Crippen LogP contribution in [0.5, 0.6) is 0 Å².